The van der Waals surface area contributed by atoms with Crippen LogP contribution in [0.2, 0.25) is 0 Å². The van der Waals surface area contributed by atoms with Crippen molar-refractivity contribution >= 4 is 18.0 Å². The number of nitriles is 1. The number of amides is 1. The van der Waals surface area contributed by atoms with Gasteiger partial charge in [0.15, 0.2) is 0 Å². The van der Waals surface area contributed by atoms with Crippen molar-refractivity contribution in [2.24, 2.45) is 10.4 Å². The summed E-state index contributed by atoms with van der Waals surface area (Å²) in [7, 11) is 1.73. The van der Waals surface area contributed by atoms with Crippen molar-refractivity contribution in [3.63, 3.8) is 0 Å². The maximum Gasteiger partial charge on any atom is 0.215 e. The number of aliphatic imine (C=N–C) groups is 1. The molecule has 0 heterocycles. The summed E-state index contributed by atoms with van der Waals surface area (Å²) in [5.74, 6) is 1.15. The van der Waals surface area contributed by atoms with E-state index in [0.717, 1.165) is 48.2 Å². The van der Waals surface area contributed by atoms with E-state index in [0.29, 0.717) is 24.3 Å². The first-order valence-corrected chi connectivity index (χ1v) is 12.5. The molecule has 5 nitrogen and oxygen atoms in total. The largest absolute Gasteiger partial charge is 0.299 e. The lowest BCUT2D eigenvalue weighted by Crippen LogP contribution is -2.29. The van der Waals surface area contributed by atoms with Crippen LogP contribution in [0.15, 0.2) is 53.5 Å². The number of nitrogens with zero attached hydrogens (tertiary/aromatic N) is 3. The van der Waals surface area contributed by atoms with Crippen LogP contribution in [0.25, 0.3) is 11.1 Å². The molecule has 5 heteroatoms. The molecule has 0 unspecified atom stereocenters. The standard InChI is InChI=1S/C21H23N3O.C7H14O.C2H6/c1-3-4-9-21(23-2)24(16-25)15-17-10-12-18(13-11-17)20-8-6-5-7-19(20)14-22;1-5-6(8)7(2,3)4;1-2/h5-8,10-13,16H,3-4,9,15H2,1-2H3;5H2,1-4H3;1-2H3. The lowest BCUT2D eigenvalue weighted by molar-refractivity contribution is -0.125. The fourth-order valence-electron chi connectivity index (χ4n) is 3.26. The Labute approximate surface area is 212 Å². The number of benzene rings is 2. The van der Waals surface area contributed by atoms with Gasteiger partial charge in [-0.05, 0) is 29.2 Å². The molecule has 0 bridgehead atoms. The highest BCUT2D eigenvalue weighted by molar-refractivity contribution is 5.90. The maximum atomic E-state index is 11.5. The topological polar surface area (TPSA) is 73.5 Å². The molecule has 2 aromatic rings. The second-order valence-corrected chi connectivity index (χ2v) is 8.86. The fraction of sp³-hybridized carbons (Fsp3) is 0.467. The van der Waals surface area contributed by atoms with E-state index in [1.807, 2.05) is 90.1 Å². The fourth-order valence-corrected chi connectivity index (χ4v) is 3.26. The van der Waals surface area contributed by atoms with Crippen LogP contribution < -0.4 is 0 Å². The molecule has 0 radical (unpaired) electrons. The maximum absolute atomic E-state index is 11.5. The lowest BCUT2D eigenvalue weighted by atomic mass is 9.90. The molecule has 190 valence electrons. The summed E-state index contributed by atoms with van der Waals surface area (Å²) in [5, 5.41) is 9.24. The van der Waals surface area contributed by atoms with Gasteiger partial charge in [-0.3, -0.25) is 19.5 Å². The summed E-state index contributed by atoms with van der Waals surface area (Å²) in [5.41, 5.74) is 3.47. The molecule has 0 saturated heterocycles. The van der Waals surface area contributed by atoms with Crippen LogP contribution in [0.1, 0.15) is 85.3 Å². The summed E-state index contributed by atoms with van der Waals surface area (Å²) in [4.78, 5) is 28.2. The lowest BCUT2D eigenvalue weighted by Gasteiger charge is -2.19. The van der Waals surface area contributed by atoms with Gasteiger partial charge < -0.3 is 0 Å². The molecule has 0 atom stereocenters. The van der Waals surface area contributed by atoms with Gasteiger partial charge in [0, 0.05) is 25.3 Å². The minimum atomic E-state index is -0.130. The Hall–Kier alpha value is -3.26. The number of carbonyl (C=O) groups is 2. The van der Waals surface area contributed by atoms with E-state index in [4.69, 9.17) is 0 Å². The van der Waals surface area contributed by atoms with Gasteiger partial charge >= 0.3 is 0 Å². The zero-order chi connectivity index (χ0) is 26.9. The predicted molar refractivity (Wildman–Crippen MR) is 147 cm³/mol. The second kappa shape index (κ2) is 17.2. The summed E-state index contributed by atoms with van der Waals surface area (Å²) in [6, 6.07) is 17.7. The van der Waals surface area contributed by atoms with Gasteiger partial charge in [-0.15, -0.1) is 0 Å². The van der Waals surface area contributed by atoms with Crippen molar-refractivity contribution in [2.75, 3.05) is 7.05 Å². The number of amidine groups is 1. The van der Waals surface area contributed by atoms with E-state index in [2.05, 4.69) is 18.0 Å². The Morgan fingerprint density at radius 1 is 1.06 bits per heavy atom. The van der Waals surface area contributed by atoms with Crippen LogP contribution in [0.5, 0.6) is 0 Å². The third-order valence-electron chi connectivity index (χ3n) is 5.29. The molecule has 35 heavy (non-hydrogen) atoms. The van der Waals surface area contributed by atoms with Crippen LogP contribution >= 0.6 is 0 Å². The van der Waals surface area contributed by atoms with Crippen LogP contribution in [-0.2, 0) is 16.1 Å². The van der Waals surface area contributed by atoms with E-state index in [1.165, 1.54) is 0 Å². The highest BCUT2D eigenvalue weighted by Crippen LogP contribution is 2.24. The molecule has 2 aromatic carbocycles. The predicted octanol–water partition coefficient (Wildman–Crippen LogP) is 7.44. The summed E-state index contributed by atoms with van der Waals surface area (Å²) in [6.07, 6.45) is 4.39. The Morgan fingerprint density at radius 2 is 1.66 bits per heavy atom. The van der Waals surface area contributed by atoms with Crippen molar-refractivity contribution in [3.8, 4) is 17.2 Å². The van der Waals surface area contributed by atoms with E-state index in [-0.39, 0.29) is 5.41 Å². The Kier molecular flexibility index (Phi) is 15.6. The number of hydrogen-bond acceptors (Lipinski definition) is 4. The highest BCUT2D eigenvalue weighted by atomic mass is 16.1. The Balaban J connectivity index is 0.000000982. The van der Waals surface area contributed by atoms with E-state index in [9.17, 15) is 14.9 Å². The number of ketones is 1. The quantitative estimate of drug-likeness (QED) is 0.225. The van der Waals surface area contributed by atoms with Gasteiger partial charge in [-0.2, -0.15) is 5.26 Å². The monoisotopic (exact) mass is 477 g/mol. The van der Waals surface area contributed by atoms with Crippen LogP contribution in [0.3, 0.4) is 0 Å². The molecule has 0 aliphatic heterocycles. The number of hydrogen-bond donors (Lipinski definition) is 0. The SMILES string of the molecule is CC.CCC(=O)C(C)(C)C.CCCCC(=NC)N(C=O)Cc1ccc(-c2ccccc2C#N)cc1. The average Bonchev–Trinajstić information content (AvgIpc) is 2.89. The number of Topliss-reactive ketones (excluding diaryl/α,β-unsaturated/α-hetero) is 1. The van der Waals surface area contributed by atoms with E-state index < -0.39 is 0 Å². The van der Waals surface area contributed by atoms with Gasteiger partial charge in [-0.1, -0.05) is 97.4 Å². The van der Waals surface area contributed by atoms with E-state index >= 15 is 0 Å². The summed E-state index contributed by atoms with van der Waals surface area (Å²) < 4.78 is 0. The molecule has 0 N–H and O–H groups in total. The van der Waals surface area contributed by atoms with Crippen LogP contribution in [-0.4, -0.2) is 30.0 Å². The molecule has 0 aliphatic carbocycles. The molecule has 0 aliphatic rings. The first-order chi connectivity index (χ1) is 16.7. The van der Waals surface area contributed by atoms with Crippen molar-refractivity contribution in [3.05, 3.63) is 59.7 Å². The minimum Gasteiger partial charge on any atom is -0.299 e. The first-order valence-electron chi connectivity index (χ1n) is 12.5. The van der Waals surface area contributed by atoms with Crippen LogP contribution in [0.4, 0.5) is 0 Å². The third kappa shape index (κ3) is 11.1. The van der Waals surface area contributed by atoms with Gasteiger partial charge in [0.2, 0.25) is 6.41 Å². The number of rotatable bonds is 8. The van der Waals surface area contributed by atoms with E-state index in [1.54, 1.807) is 11.9 Å². The molecule has 2 rings (SSSR count). The van der Waals surface area contributed by atoms with Gasteiger partial charge in [0.1, 0.15) is 11.6 Å². The smallest absolute Gasteiger partial charge is 0.215 e. The normalized spacial score (nSPS) is 10.7. The molecule has 0 fully saturated rings. The van der Waals surface area contributed by atoms with Crippen molar-refractivity contribution in [2.45, 2.75) is 80.7 Å². The minimum absolute atomic E-state index is 0.130. The molecule has 0 aromatic heterocycles. The number of unbranched alkanes of at least 4 members (excludes halogenated alkanes) is 1. The molecule has 0 saturated carbocycles. The molecule has 0 spiro atoms. The van der Waals surface area contributed by atoms with Gasteiger partial charge in [-0.25, -0.2) is 0 Å². The van der Waals surface area contributed by atoms with Crippen LogP contribution in [0, 0.1) is 16.7 Å². The zero-order valence-electron chi connectivity index (χ0n) is 22.9. The Bertz CT molecular complexity index is 964. The van der Waals surface area contributed by atoms with Crippen molar-refractivity contribution in [1.29, 1.82) is 5.26 Å². The second-order valence-electron chi connectivity index (χ2n) is 8.86. The summed E-state index contributed by atoms with van der Waals surface area (Å²) >= 11 is 0. The molecule has 1 amide bonds. The van der Waals surface area contributed by atoms with Gasteiger partial charge in [0.05, 0.1) is 18.2 Å². The first kappa shape index (κ1) is 31.7. The van der Waals surface area contributed by atoms with Gasteiger partial charge in [0.25, 0.3) is 0 Å². The number of carbonyl (C=O) groups excluding carboxylic acids is 2. The zero-order valence-corrected chi connectivity index (χ0v) is 22.9. The average molecular weight is 478 g/mol. The Morgan fingerprint density at radius 3 is 2.09 bits per heavy atom. The molecular weight excluding hydrogens is 434 g/mol. The highest BCUT2D eigenvalue weighted by Gasteiger charge is 2.18. The van der Waals surface area contributed by atoms with Crippen molar-refractivity contribution < 1.29 is 9.59 Å². The summed E-state index contributed by atoms with van der Waals surface area (Å²) in [6.45, 7) is 14.3. The third-order valence-corrected chi connectivity index (χ3v) is 5.29. The van der Waals surface area contributed by atoms with Crippen molar-refractivity contribution in [1.82, 2.24) is 4.90 Å². The molecular formula is C30H43N3O2.